The molecule has 0 radical (unpaired) electrons. The van der Waals surface area contributed by atoms with Crippen LogP contribution in [0.25, 0.3) is 0 Å². The molecule has 40 heteroatoms. The van der Waals surface area contributed by atoms with E-state index in [4.69, 9.17) is 0 Å². The van der Waals surface area contributed by atoms with Gasteiger partial charge in [-0.05, 0) is 0 Å². The number of urea groups is 10. The van der Waals surface area contributed by atoms with Gasteiger partial charge in [-0.3, -0.25) is 98.0 Å². The average Bonchev–Trinajstić information content (AvgIpc) is 3.96. The lowest BCUT2D eigenvalue weighted by Gasteiger charge is -2.50. The highest BCUT2D eigenvalue weighted by Gasteiger charge is 2.93. The minimum atomic E-state index is -3.62. The zero-order valence-electron chi connectivity index (χ0n) is 34.6. The maximum absolute atomic E-state index is 15.0. The predicted octanol–water partition coefficient (Wildman–Crippen LogP) is -11.5. The van der Waals surface area contributed by atoms with E-state index < -0.39 is 185 Å². The number of carbonyl (C=O) groups excluding carboxylic acids is 10. The number of aliphatic hydroxyl groups is 10. The van der Waals surface area contributed by atoms with Crippen molar-refractivity contribution in [3.8, 4) is 0 Å². The third-order valence-corrected chi connectivity index (χ3v) is 17.2. The molecule has 15 saturated heterocycles. The van der Waals surface area contributed by atoms with Crippen molar-refractivity contribution in [2.45, 2.75) is 58.5 Å². The van der Waals surface area contributed by atoms with Crippen molar-refractivity contribution in [2.24, 2.45) is 0 Å². The van der Waals surface area contributed by atoms with Gasteiger partial charge in [0.05, 0.1) is 0 Å². The van der Waals surface area contributed by atoms with Crippen molar-refractivity contribution in [1.82, 2.24) is 98.0 Å². The minimum Gasteiger partial charge on any atom is -0.348 e. The van der Waals surface area contributed by atoms with Crippen LogP contribution in [0.4, 0.5) is 47.9 Å². The Morgan fingerprint density at radius 3 is 0.286 bits per heavy atom. The van der Waals surface area contributed by atoms with Crippen molar-refractivity contribution in [2.75, 3.05) is 66.7 Å². The van der Waals surface area contributed by atoms with Gasteiger partial charge in [-0.1, -0.05) is 0 Å². The Labute approximate surface area is 382 Å². The van der Waals surface area contributed by atoms with E-state index in [1.807, 2.05) is 0 Å². The van der Waals surface area contributed by atoms with Crippen LogP contribution >= 0.6 is 0 Å². The number of hydrogen-bond donors (Lipinski definition) is 10. The van der Waals surface area contributed by atoms with Gasteiger partial charge in [0.25, 0.3) is 0 Å². The fourth-order valence-corrected chi connectivity index (χ4v) is 13.8. The molecule has 0 atom stereocenters. The molecular formula is C30H30N20O20. The SMILES string of the molecule is O=C1N2CN3C(=O)N4CN5C(=O)N6CN7C(=O)N8CN9C(=O)N%10CN1C1(O)N%11CN%12C(=O)N(CN%13C(=O)N(CN%14C(=O)N(CN%15C(=O)N(CN(C%11=O)C21O)C3(O)C4%15O)C5(O)C6%14O)C7(O)C8%13O)C9(O)C%10%12O. The van der Waals surface area contributed by atoms with Crippen LogP contribution in [0.1, 0.15) is 0 Å². The van der Waals surface area contributed by atoms with E-state index in [-0.39, 0.29) is 98.0 Å². The molecule has 10 N–H and O–H groups in total. The molecule has 15 rings (SSSR count). The molecule has 0 aromatic carbocycles. The maximum Gasteiger partial charge on any atom is 0.330 e. The molecule has 0 unspecified atom stereocenters. The zero-order valence-corrected chi connectivity index (χ0v) is 34.6. The monoisotopic (exact) mass is 990 g/mol. The summed E-state index contributed by atoms with van der Waals surface area (Å²) in [6, 6.07) is -16.9. The van der Waals surface area contributed by atoms with Gasteiger partial charge in [0.2, 0.25) is 0 Å². The summed E-state index contributed by atoms with van der Waals surface area (Å²) in [6.45, 7) is -15.7. The van der Waals surface area contributed by atoms with Crippen LogP contribution in [-0.4, -0.2) is 335 Å². The predicted molar refractivity (Wildman–Crippen MR) is 189 cm³/mol. The van der Waals surface area contributed by atoms with E-state index in [9.17, 15) is 51.1 Å². The van der Waals surface area contributed by atoms with Crippen LogP contribution in [0.5, 0.6) is 0 Å². The Morgan fingerprint density at radius 1 is 0.171 bits per heavy atom. The van der Waals surface area contributed by atoms with E-state index in [2.05, 4.69) is 0 Å². The number of amides is 20. The van der Waals surface area contributed by atoms with Gasteiger partial charge in [-0.15, -0.1) is 0 Å². The number of hydrogen-bond acceptors (Lipinski definition) is 20. The van der Waals surface area contributed by atoms with Crippen LogP contribution < -0.4 is 0 Å². The highest BCUT2D eigenvalue weighted by Crippen LogP contribution is 2.63. The van der Waals surface area contributed by atoms with Gasteiger partial charge in [-0.2, -0.15) is 0 Å². The first kappa shape index (κ1) is 39.2. The average molecular weight is 991 g/mol. The van der Waals surface area contributed by atoms with Crippen LogP contribution in [0.3, 0.4) is 0 Å². The molecule has 15 heterocycles. The van der Waals surface area contributed by atoms with Crippen LogP contribution in [0.2, 0.25) is 0 Å². The summed E-state index contributed by atoms with van der Waals surface area (Å²) in [5, 5.41) is 130. The molecular weight excluding hydrogens is 960 g/mol. The van der Waals surface area contributed by atoms with Crippen LogP contribution in [-0.2, 0) is 0 Å². The van der Waals surface area contributed by atoms with Crippen molar-refractivity contribution >= 4 is 60.3 Å². The van der Waals surface area contributed by atoms with Gasteiger partial charge in [0, 0.05) is 0 Å². The second kappa shape index (κ2) is 9.61. The summed E-state index contributed by atoms with van der Waals surface area (Å²) in [7, 11) is 0. The van der Waals surface area contributed by atoms with Crippen molar-refractivity contribution < 1.29 is 99.0 Å². The summed E-state index contributed by atoms with van der Waals surface area (Å²) >= 11 is 0. The van der Waals surface area contributed by atoms with Crippen molar-refractivity contribution in [1.29, 1.82) is 0 Å². The third-order valence-electron chi connectivity index (χ3n) is 17.2. The van der Waals surface area contributed by atoms with E-state index in [0.29, 0.717) is 0 Å². The standard InChI is InChI=1S/C30H30N20O20/c51-11-31-1-32-12(52)34-3-40-16(56)44-8-48-19(59)47-7-43-15(55)39-2-33(11)23(63)21(31,61)35-4-36-14(54)38(24(34,64)22(32,36)62)6-42-18(58)46(28(44,68)26(40,42)66)10-50-20(60)49(29(47,69)30(48,50)70)9-45-17(57)41(5-37(23)13(35)53)25(39,65)27(43,45)67/h61-70H,1-10H2. The summed E-state index contributed by atoms with van der Waals surface area (Å²) in [4.78, 5) is 153. The molecule has 0 spiro atoms. The Bertz CT molecular complexity index is 2170. The number of rotatable bonds is 0. The number of carbonyl (C=O) groups is 10. The molecule has 0 aliphatic carbocycles. The van der Waals surface area contributed by atoms with Gasteiger partial charge in [0.1, 0.15) is 66.7 Å². The van der Waals surface area contributed by atoms with Gasteiger partial charge >= 0.3 is 119 Å². The Hall–Kier alpha value is -7.70. The highest BCUT2D eigenvalue weighted by atomic mass is 16.5. The molecule has 0 saturated carbocycles. The van der Waals surface area contributed by atoms with E-state index >= 15 is 47.9 Å². The maximum atomic E-state index is 15.0. The molecule has 15 fully saturated rings. The van der Waals surface area contributed by atoms with Crippen molar-refractivity contribution in [3.63, 3.8) is 0 Å². The van der Waals surface area contributed by atoms with E-state index in [0.717, 1.165) is 0 Å². The van der Waals surface area contributed by atoms with E-state index in [1.54, 1.807) is 0 Å². The molecule has 370 valence electrons. The molecule has 0 bridgehead atoms. The zero-order chi connectivity index (χ0) is 49.4. The molecule has 40 nitrogen and oxygen atoms in total. The van der Waals surface area contributed by atoms with Crippen LogP contribution in [0.15, 0.2) is 0 Å². The lowest BCUT2D eigenvalue weighted by molar-refractivity contribution is -0.364. The fraction of sp³-hybridized carbons (Fsp3) is 0.667. The smallest absolute Gasteiger partial charge is 0.330 e. The lowest BCUT2D eigenvalue weighted by Crippen LogP contribution is -2.78. The molecule has 0 aromatic heterocycles. The topological polar surface area (TPSA) is 438 Å². The first-order valence-corrected chi connectivity index (χ1v) is 20.8. The van der Waals surface area contributed by atoms with Gasteiger partial charge in [-0.25, -0.2) is 47.9 Å². The fourth-order valence-electron chi connectivity index (χ4n) is 13.8. The Kier molecular flexibility index (Phi) is 5.38. The molecule has 15 aliphatic rings. The normalized spacial score (nSPS) is 47.0. The first-order chi connectivity index (χ1) is 32.6. The Morgan fingerprint density at radius 2 is 0.229 bits per heavy atom. The largest absolute Gasteiger partial charge is 0.348 e. The number of nitrogens with zero attached hydrogens (tertiary/aromatic N) is 20. The molecule has 20 amide bonds. The van der Waals surface area contributed by atoms with Gasteiger partial charge in [0.15, 0.2) is 0 Å². The second-order valence-electron chi connectivity index (χ2n) is 19.2. The summed E-state index contributed by atoms with van der Waals surface area (Å²) in [5.74, 6) is -36.2. The van der Waals surface area contributed by atoms with E-state index in [1.165, 1.54) is 0 Å². The Balaban J connectivity index is 1.02. The molecule has 0 aromatic rings. The second-order valence-corrected chi connectivity index (χ2v) is 19.2. The van der Waals surface area contributed by atoms with Gasteiger partial charge < -0.3 is 51.1 Å². The molecule has 15 aliphatic heterocycles. The highest BCUT2D eigenvalue weighted by molar-refractivity contribution is 5.96. The van der Waals surface area contributed by atoms with Crippen molar-refractivity contribution in [3.05, 3.63) is 0 Å². The molecule has 70 heavy (non-hydrogen) atoms. The van der Waals surface area contributed by atoms with Crippen LogP contribution in [0, 0.1) is 0 Å². The first-order valence-electron chi connectivity index (χ1n) is 20.8. The minimum absolute atomic E-state index is 0.154. The summed E-state index contributed by atoms with van der Waals surface area (Å²) in [5.41, 5.74) is 0. The lowest BCUT2D eigenvalue weighted by atomic mass is 10.1. The quantitative estimate of drug-likeness (QED) is 0.108. The third kappa shape index (κ3) is 2.76. The summed E-state index contributed by atoms with van der Waals surface area (Å²) < 4.78 is 0. The summed E-state index contributed by atoms with van der Waals surface area (Å²) in [6.07, 6.45) is 0.